The van der Waals surface area contributed by atoms with Crippen LogP contribution in [-0.2, 0) is 5.54 Å². The Labute approximate surface area is 193 Å². The van der Waals surface area contributed by atoms with Gasteiger partial charge >= 0.3 is 0 Å². The van der Waals surface area contributed by atoms with Crippen molar-refractivity contribution in [3.63, 3.8) is 0 Å². The van der Waals surface area contributed by atoms with Crippen LogP contribution in [0.15, 0.2) is 30.6 Å². The fourth-order valence-electron chi connectivity index (χ4n) is 5.63. The lowest BCUT2D eigenvalue weighted by molar-refractivity contribution is -0.160. The summed E-state index contributed by atoms with van der Waals surface area (Å²) in [5.41, 5.74) is 2.38. The fraction of sp³-hybridized carbons (Fsp3) is 0.500. The number of hydrogen-bond acceptors (Lipinski definition) is 7. The van der Waals surface area contributed by atoms with E-state index in [0.29, 0.717) is 17.6 Å². The number of nitrogens with one attached hydrogen (secondary N) is 2. The summed E-state index contributed by atoms with van der Waals surface area (Å²) < 4.78 is 2.20. The molecule has 1 saturated heterocycles. The third-order valence-corrected chi connectivity index (χ3v) is 7.84. The predicted octanol–water partition coefficient (Wildman–Crippen LogP) is 2.44. The highest BCUT2D eigenvalue weighted by molar-refractivity contribution is 5.98. The summed E-state index contributed by atoms with van der Waals surface area (Å²) in [5.74, 6) is 2.84. The summed E-state index contributed by atoms with van der Waals surface area (Å²) in [6.45, 7) is 6.18. The van der Waals surface area contributed by atoms with Crippen LogP contribution in [0.2, 0.25) is 0 Å². The quantitative estimate of drug-likeness (QED) is 0.622. The zero-order valence-corrected chi connectivity index (χ0v) is 19.4. The second-order valence-electron chi connectivity index (χ2n) is 9.86. The topological polar surface area (TPSA) is 91.2 Å². The average molecular weight is 447 g/mol. The van der Waals surface area contributed by atoms with E-state index in [9.17, 15) is 4.79 Å². The van der Waals surface area contributed by atoms with Crippen LogP contribution in [-0.4, -0.2) is 70.6 Å². The van der Waals surface area contributed by atoms with Gasteiger partial charge in [-0.25, -0.2) is 9.97 Å². The van der Waals surface area contributed by atoms with Gasteiger partial charge in [0.25, 0.3) is 5.91 Å². The summed E-state index contributed by atoms with van der Waals surface area (Å²) in [5, 5.41) is 7.56. The van der Waals surface area contributed by atoms with E-state index in [2.05, 4.69) is 37.0 Å². The third-order valence-electron chi connectivity index (χ3n) is 7.84. The van der Waals surface area contributed by atoms with E-state index >= 15 is 0 Å². The van der Waals surface area contributed by atoms with Crippen LogP contribution in [0, 0.1) is 11.8 Å². The maximum Gasteiger partial charge on any atom is 0.270 e. The maximum absolute atomic E-state index is 13.0. The van der Waals surface area contributed by atoms with Crippen LogP contribution in [0.25, 0.3) is 11.0 Å². The standard InChI is InChI=1S/C24H30N8O/c1-15-17-11-24(15,12-17)32-19(22(33)30(2)3)10-16-13-27-23(29-21(16)32)28-18-4-5-20(26-14-18)31-8-6-25-7-9-31/h4-5,10,13-15,17,25H,6-9,11-12H2,1-3H3,(H,27,28,29)/t15-,17?,24?/m1/s1. The predicted molar refractivity (Wildman–Crippen MR) is 128 cm³/mol. The average Bonchev–Trinajstić information content (AvgIpc) is 3.17. The molecule has 4 aliphatic rings. The van der Waals surface area contributed by atoms with Gasteiger partial charge in [-0.05, 0) is 42.9 Å². The number of rotatable bonds is 5. The minimum Gasteiger partial charge on any atom is -0.354 e. The van der Waals surface area contributed by atoms with Crippen molar-refractivity contribution in [2.75, 3.05) is 50.5 Å². The van der Waals surface area contributed by atoms with Crippen LogP contribution < -0.4 is 15.5 Å². The molecule has 3 aromatic heterocycles. The largest absolute Gasteiger partial charge is 0.354 e. The van der Waals surface area contributed by atoms with Crippen LogP contribution in [0.5, 0.6) is 0 Å². The van der Waals surface area contributed by atoms with Crippen LogP contribution in [0.4, 0.5) is 17.5 Å². The first-order chi connectivity index (χ1) is 16.0. The molecule has 7 rings (SSSR count). The summed E-state index contributed by atoms with van der Waals surface area (Å²) >= 11 is 0. The Morgan fingerprint density at radius 2 is 1.97 bits per heavy atom. The molecule has 1 aliphatic heterocycles. The Bertz CT molecular complexity index is 1210. The van der Waals surface area contributed by atoms with E-state index in [1.54, 1.807) is 19.0 Å². The van der Waals surface area contributed by atoms with Gasteiger partial charge in [-0.2, -0.15) is 4.98 Å². The highest BCUT2D eigenvalue weighted by Crippen LogP contribution is 2.67. The molecule has 2 N–H and O–H groups in total. The lowest BCUT2D eigenvalue weighted by Crippen LogP contribution is -2.67. The highest BCUT2D eigenvalue weighted by Gasteiger charge is 2.65. The molecule has 2 bridgehead atoms. The summed E-state index contributed by atoms with van der Waals surface area (Å²) in [7, 11) is 3.59. The molecule has 4 fully saturated rings. The maximum atomic E-state index is 13.0. The minimum atomic E-state index is 0.00550. The second-order valence-corrected chi connectivity index (χ2v) is 9.86. The van der Waals surface area contributed by atoms with Gasteiger partial charge in [0.15, 0.2) is 0 Å². The lowest BCUT2D eigenvalue weighted by atomic mass is 9.42. The molecule has 3 aliphatic carbocycles. The number of fused-ring (bicyclic) bond motifs is 1. The van der Waals surface area contributed by atoms with Gasteiger partial charge in [-0.1, -0.05) is 6.92 Å². The van der Waals surface area contributed by atoms with Gasteiger partial charge in [-0.15, -0.1) is 0 Å². The minimum absolute atomic E-state index is 0.00550. The first-order valence-electron chi connectivity index (χ1n) is 11.8. The Balaban J connectivity index is 1.32. The number of aromatic nitrogens is 4. The van der Waals surface area contributed by atoms with Crippen molar-refractivity contribution in [3.8, 4) is 0 Å². The zero-order chi connectivity index (χ0) is 22.7. The van der Waals surface area contributed by atoms with Crippen molar-refractivity contribution in [2.24, 2.45) is 11.8 Å². The normalized spacial score (nSPS) is 26.0. The van der Waals surface area contributed by atoms with E-state index < -0.39 is 0 Å². The van der Waals surface area contributed by atoms with Crippen LogP contribution in [0.3, 0.4) is 0 Å². The molecule has 9 heteroatoms. The van der Waals surface area contributed by atoms with Crippen LogP contribution in [0.1, 0.15) is 30.3 Å². The number of nitrogens with zero attached hydrogens (tertiary/aromatic N) is 6. The van der Waals surface area contributed by atoms with Crippen molar-refractivity contribution in [1.82, 2.24) is 29.7 Å². The Morgan fingerprint density at radius 3 is 2.58 bits per heavy atom. The molecule has 3 aromatic rings. The number of pyridine rings is 1. The molecule has 1 amide bonds. The lowest BCUT2D eigenvalue weighted by Gasteiger charge is -2.68. The van der Waals surface area contributed by atoms with Crippen molar-refractivity contribution in [2.45, 2.75) is 25.3 Å². The van der Waals surface area contributed by atoms with Gasteiger partial charge < -0.3 is 25.0 Å². The molecule has 0 unspecified atom stereocenters. The molecule has 172 valence electrons. The van der Waals surface area contributed by atoms with Gasteiger partial charge in [0.1, 0.15) is 17.2 Å². The summed E-state index contributed by atoms with van der Waals surface area (Å²) in [6, 6.07) is 5.99. The first-order valence-corrected chi connectivity index (χ1v) is 11.8. The molecule has 0 radical (unpaired) electrons. The molecule has 9 nitrogen and oxygen atoms in total. The van der Waals surface area contributed by atoms with Crippen molar-refractivity contribution in [3.05, 3.63) is 36.3 Å². The van der Waals surface area contributed by atoms with Crippen molar-refractivity contribution in [1.29, 1.82) is 0 Å². The van der Waals surface area contributed by atoms with E-state index in [4.69, 9.17) is 4.98 Å². The molecule has 0 aromatic carbocycles. The Hall–Kier alpha value is -3.20. The zero-order valence-electron chi connectivity index (χ0n) is 19.4. The van der Waals surface area contributed by atoms with E-state index in [1.807, 2.05) is 30.6 Å². The van der Waals surface area contributed by atoms with E-state index in [-0.39, 0.29) is 11.4 Å². The van der Waals surface area contributed by atoms with Gasteiger partial charge in [-0.3, -0.25) is 4.79 Å². The first kappa shape index (κ1) is 20.4. The smallest absolute Gasteiger partial charge is 0.270 e. The van der Waals surface area contributed by atoms with Gasteiger partial charge in [0, 0.05) is 51.9 Å². The van der Waals surface area contributed by atoms with Crippen molar-refractivity contribution < 1.29 is 4.79 Å². The van der Waals surface area contributed by atoms with Gasteiger partial charge in [0.2, 0.25) is 5.95 Å². The molecule has 33 heavy (non-hydrogen) atoms. The number of carbonyl (C=O) groups is 1. The Kier molecular flexibility index (Phi) is 4.58. The van der Waals surface area contributed by atoms with Gasteiger partial charge in [0.05, 0.1) is 17.4 Å². The third kappa shape index (κ3) is 3.09. The second kappa shape index (κ2) is 7.41. The molecule has 3 saturated carbocycles. The van der Waals surface area contributed by atoms with E-state index in [1.165, 1.54) is 0 Å². The summed E-state index contributed by atoms with van der Waals surface area (Å²) in [6.07, 6.45) is 5.88. The number of hydrogen-bond donors (Lipinski definition) is 2. The highest BCUT2D eigenvalue weighted by atomic mass is 16.2. The van der Waals surface area contributed by atoms with Crippen LogP contribution >= 0.6 is 0 Å². The molecule has 4 heterocycles. The SMILES string of the molecule is C[C@@H]1C2CC1(n1c(C(=O)N(C)C)cc3cnc(Nc4ccc(N5CCNCC5)nc4)nc31)C2. The number of anilines is 3. The molecular weight excluding hydrogens is 416 g/mol. The fourth-order valence-corrected chi connectivity index (χ4v) is 5.63. The Morgan fingerprint density at radius 1 is 1.18 bits per heavy atom. The number of carbonyl (C=O) groups excluding carboxylic acids is 1. The van der Waals surface area contributed by atoms with E-state index in [0.717, 1.165) is 67.5 Å². The number of amides is 1. The number of piperazine rings is 1. The monoisotopic (exact) mass is 446 g/mol. The molecule has 1 atom stereocenters. The van der Waals surface area contributed by atoms with Crippen molar-refractivity contribution >= 4 is 34.4 Å². The summed E-state index contributed by atoms with van der Waals surface area (Å²) in [4.78, 5) is 31.0. The molecular formula is C24H30N8O. The molecule has 0 spiro atoms.